The first-order valence-electron chi connectivity index (χ1n) is 7.95. The van der Waals surface area contributed by atoms with Crippen LogP contribution in [0.4, 0.5) is 5.69 Å². The fourth-order valence-corrected chi connectivity index (χ4v) is 4.34. The van der Waals surface area contributed by atoms with Gasteiger partial charge in [0.2, 0.25) is 5.91 Å². The van der Waals surface area contributed by atoms with Crippen LogP contribution >= 0.6 is 22.9 Å². The second kappa shape index (κ2) is 7.04. The molecule has 1 N–H and O–H groups in total. The van der Waals surface area contributed by atoms with Crippen LogP contribution in [0.2, 0.25) is 5.02 Å². The molecule has 1 aromatic heterocycles. The summed E-state index contributed by atoms with van der Waals surface area (Å²) < 4.78 is 0. The van der Waals surface area contributed by atoms with Crippen LogP contribution in [0.1, 0.15) is 35.4 Å². The van der Waals surface area contributed by atoms with Gasteiger partial charge in [-0.05, 0) is 54.5 Å². The first-order chi connectivity index (χ1) is 11.1. The van der Waals surface area contributed by atoms with Gasteiger partial charge in [-0.15, -0.1) is 11.3 Å². The summed E-state index contributed by atoms with van der Waals surface area (Å²) in [6.07, 6.45) is 2.06. The Labute approximate surface area is 146 Å². The van der Waals surface area contributed by atoms with Gasteiger partial charge in [-0.2, -0.15) is 0 Å². The van der Waals surface area contributed by atoms with Crippen molar-refractivity contribution in [3.63, 3.8) is 0 Å². The molecule has 0 spiro atoms. The molecule has 3 nitrogen and oxygen atoms in total. The van der Waals surface area contributed by atoms with Crippen molar-refractivity contribution in [2.24, 2.45) is 0 Å². The van der Waals surface area contributed by atoms with Crippen LogP contribution in [-0.2, 0) is 11.2 Å². The SMILES string of the molecule is CCC1c2ccsc2CCN1CC(=O)Nc1cccc(Cl)c1C. The zero-order chi connectivity index (χ0) is 16.4. The molecule has 0 fully saturated rings. The third kappa shape index (κ3) is 3.44. The monoisotopic (exact) mass is 348 g/mol. The van der Waals surface area contributed by atoms with Gasteiger partial charge < -0.3 is 5.32 Å². The molecule has 1 unspecified atom stereocenters. The fraction of sp³-hybridized carbons (Fsp3) is 0.389. The van der Waals surface area contributed by atoms with Gasteiger partial charge in [-0.25, -0.2) is 0 Å². The number of carbonyl (C=O) groups is 1. The summed E-state index contributed by atoms with van der Waals surface area (Å²) in [6.45, 7) is 5.46. The predicted molar refractivity (Wildman–Crippen MR) is 97.4 cm³/mol. The number of hydrogen-bond donors (Lipinski definition) is 1. The molecule has 2 aromatic rings. The highest BCUT2D eigenvalue weighted by atomic mass is 35.5. The lowest BCUT2D eigenvalue weighted by Crippen LogP contribution is -2.40. The third-order valence-corrected chi connectivity index (χ3v) is 5.89. The van der Waals surface area contributed by atoms with Crippen LogP contribution in [0.5, 0.6) is 0 Å². The van der Waals surface area contributed by atoms with E-state index in [4.69, 9.17) is 11.6 Å². The molecule has 23 heavy (non-hydrogen) atoms. The summed E-state index contributed by atoms with van der Waals surface area (Å²) in [5, 5.41) is 5.83. The number of fused-ring (bicyclic) bond motifs is 1. The molecule has 0 bridgehead atoms. The summed E-state index contributed by atoms with van der Waals surface area (Å²) in [5.74, 6) is 0.0208. The van der Waals surface area contributed by atoms with Crippen molar-refractivity contribution < 1.29 is 4.79 Å². The Morgan fingerprint density at radius 2 is 2.26 bits per heavy atom. The molecule has 0 radical (unpaired) electrons. The number of benzene rings is 1. The van der Waals surface area contributed by atoms with Gasteiger partial charge in [-0.1, -0.05) is 24.6 Å². The molecule has 1 aromatic carbocycles. The van der Waals surface area contributed by atoms with E-state index in [1.807, 2.05) is 36.5 Å². The quantitative estimate of drug-likeness (QED) is 0.871. The lowest BCUT2D eigenvalue weighted by molar-refractivity contribution is -0.118. The van der Waals surface area contributed by atoms with E-state index < -0.39 is 0 Å². The molecule has 0 saturated carbocycles. The fourth-order valence-electron chi connectivity index (χ4n) is 3.23. The van der Waals surface area contributed by atoms with Crippen LogP contribution in [0.15, 0.2) is 29.6 Å². The number of hydrogen-bond acceptors (Lipinski definition) is 3. The van der Waals surface area contributed by atoms with E-state index >= 15 is 0 Å². The molecule has 1 aliphatic rings. The molecule has 2 heterocycles. The van der Waals surface area contributed by atoms with E-state index in [0.29, 0.717) is 17.6 Å². The number of nitrogens with one attached hydrogen (secondary N) is 1. The average molecular weight is 349 g/mol. The minimum absolute atomic E-state index is 0.0208. The van der Waals surface area contributed by atoms with Crippen molar-refractivity contribution in [1.29, 1.82) is 0 Å². The highest BCUT2D eigenvalue weighted by molar-refractivity contribution is 7.10. The molecular weight excluding hydrogens is 328 g/mol. The molecule has 3 rings (SSSR count). The summed E-state index contributed by atoms with van der Waals surface area (Å²) in [4.78, 5) is 16.2. The highest BCUT2D eigenvalue weighted by Gasteiger charge is 2.28. The minimum Gasteiger partial charge on any atom is -0.325 e. The van der Waals surface area contributed by atoms with Crippen LogP contribution in [-0.4, -0.2) is 23.9 Å². The van der Waals surface area contributed by atoms with Crippen LogP contribution < -0.4 is 5.32 Å². The summed E-state index contributed by atoms with van der Waals surface area (Å²) in [5.41, 5.74) is 3.10. The van der Waals surface area contributed by atoms with Crippen molar-refractivity contribution in [3.8, 4) is 0 Å². The van der Waals surface area contributed by atoms with Gasteiger partial charge in [0.05, 0.1) is 6.54 Å². The van der Waals surface area contributed by atoms with E-state index in [0.717, 1.165) is 30.6 Å². The van der Waals surface area contributed by atoms with Crippen molar-refractivity contribution in [1.82, 2.24) is 4.90 Å². The van der Waals surface area contributed by atoms with E-state index in [-0.39, 0.29) is 5.91 Å². The Morgan fingerprint density at radius 1 is 1.43 bits per heavy atom. The number of thiophene rings is 1. The molecule has 122 valence electrons. The smallest absolute Gasteiger partial charge is 0.238 e. The summed E-state index contributed by atoms with van der Waals surface area (Å²) in [6, 6.07) is 8.14. The first-order valence-corrected chi connectivity index (χ1v) is 9.21. The van der Waals surface area contributed by atoms with Gasteiger partial charge in [0.1, 0.15) is 0 Å². The van der Waals surface area contributed by atoms with Crippen LogP contribution in [0.3, 0.4) is 0 Å². The zero-order valence-corrected chi connectivity index (χ0v) is 15.0. The number of amides is 1. The largest absolute Gasteiger partial charge is 0.325 e. The number of anilines is 1. The van der Waals surface area contributed by atoms with Gasteiger partial charge in [0.25, 0.3) is 0 Å². The Balaban J connectivity index is 1.69. The molecule has 1 atom stereocenters. The maximum Gasteiger partial charge on any atom is 0.238 e. The maximum absolute atomic E-state index is 12.5. The minimum atomic E-state index is 0.0208. The van der Waals surface area contributed by atoms with Gasteiger partial charge in [-0.3, -0.25) is 9.69 Å². The number of halogens is 1. The lowest BCUT2D eigenvalue weighted by atomic mass is 9.98. The number of nitrogens with zero attached hydrogens (tertiary/aromatic N) is 1. The zero-order valence-electron chi connectivity index (χ0n) is 13.4. The number of carbonyl (C=O) groups excluding carboxylic acids is 1. The Hall–Kier alpha value is -1.36. The number of rotatable bonds is 4. The van der Waals surface area contributed by atoms with E-state index in [1.54, 1.807) is 0 Å². The standard InChI is InChI=1S/C18H21ClN2OS/c1-3-16-13-8-10-23-17(13)7-9-21(16)11-18(22)20-15-6-4-5-14(19)12(15)2/h4-6,8,10,16H,3,7,9,11H2,1-2H3,(H,20,22). The van der Waals surface area contributed by atoms with Gasteiger partial charge in [0, 0.05) is 28.2 Å². The lowest BCUT2D eigenvalue weighted by Gasteiger charge is -2.34. The molecule has 1 amide bonds. The van der Waals surface area contributed by atoms with Gasteiger partial charge in [0.15, 0.2) is 0 Å². The Bertz CT molecular complexity index is 713. The van der Waals surface area contributed by atoms with Crippen LogP contribution in [0, 0.1) is 6.92 Å². The van der Waals surface area contributed by atoms with E-state index in [1.165, 1.54) is 10.4 Å². The Kier molecular flexibility index (Phi) is 5.05. The molecule has 1 aliphatic heterocycles. The third-order valence-electron chi connectivity index (χ3n) is 4.48. The molecule has 0 aliphatic carbocycles. The second-order valence-corrected chi connectivity index (χ2v) is 7.31. The predicted octanol–water partition coefficient (Wildman–Crippen LogP) is 4.66. The summed E-state index contributed by atoms with van der Waals surface area (Å²) >= 11 is 7.95. The van der Waals surface area contributed by atoms with Crippen LogP contribution in [0.25, 0.3) is 0 Å². The molecule has 0 saturated heterocycles. The first kappa shape index (κ1) is 16.5. The van der Waals surface area contributed by atoms with Crippen molar-refractivity contribution >= 4 is 34.5 Å². The van der Waals surface area contributed by atoms with Crippen molar-refractivity contribution in [2.75, 3.05) is 18.4 Å². The average Bonchev–Trinajstić information content (AvgIpc) is 3.00. The molecular formula is C18H21ClN2OS. The van der Waals surface area contributed by atoms with E-state index in [9.17, 15) is 4.79 Å². The topological polar surface area (TPSA) is 32.3 Å². The van der Waals surface area contributed by atoms with Crippen molar-refractivity contribution in [2.45, 2.75) is 32.7 Å². The second-order valence-electron chi connectivity index (χ2n) is 5.90. The Morgan fingerprint density at radius 3 is 3.04 bits per heavy atom. The van der Waals surface area contributed by atoms with Crippen molar-refractivity contribution in [3.05, 3.63) is 50.7 Å². The normalized spacial score (nSPS) is 17.8. The maximum atomic E-state index is 12.5. The van der Waals surface area contributed by atoms with Gasteiger partial charge >= 0.3 is 0 Å². The highest BCUT2D eigenvalue weighted by Crippen LogP contribution is 2.35. The van der Waals surface area contributed by atoms with E-state index in [2.05, 4.69) is 28.6 Å². The summed E-state index contributed by atoms with van der Waals surface area (Å²) in [7, 11) is 0. The molecule has 5 heteroatoms.